The number of rotatable bonds is 2. The summed E-state index contributed by atoms with van der Waals surface area (Å²) in [6.45, 7) is 0. The molecule has 0 aromatic heterocycles. The summed E-state index contributed by atoms with van der Waals surface area (Å²) in [4.78, 5) is 4.01. The minimum atomic E-state index is -0.467. The fraction of sp³-hybridized carbons (Fsp3) is 0.267. The first-order valence-electron chi connectivity index (χ1n) is 6.26. The topological polar surface area (TPSA) is 38.5 Å². The third-order valence-electron chi connectivity index (χ3n) is 3.22. The molecule has 0 fully saturated rings. The van der Waals surface area contributed by atoms with Crippen molar-refractivity contribution in [2.75, 3.05) is 0 Å². The number of hydrogen-bond donors (Lipinski definition) is 1. The van der Waals surface area contributed by atoms with Gasteiger partial charge in [0.05, 0.1) is 0 Å². The van der Waals surface area contributed by atoms with E-state index in [1.54, 1.807) is 0 Å². The molecule has 1 N–H and O–H groups in total. The summed E-state index contributed by atoms with van der Waals surface area (Å²) in [7, 11) is 0. The molecule has 2 aliphatic rings. The van der Waals surface area contributed by atoms with E-state index < -0.39 is 5.62 Å². The van der Waals surface area contributed by atoms with Crippen molar-refractivity contribution in [2.45, 2.75) is 24.4 Å². The van der Waals surface area contributed by atoms with Crippen molar-refractivity contribution in [2.24, 2.45) is 5.11 Å². The zero-order valence-electron chi connectivity index (χ0n) is 10.3. The lowest BCUT2D eigenvalue weighted by Crippen LogP contribution is -2.26. The van der Waals surface area contributed by atoms with Crippen molar-refractivity contribution in [3.05, 3.63) is 47.5 Å². The highest BCUT2D eigenvalue weighted by atomic mass is 35.5. The van der Waals surface area contributed by atoms with E-state index in [-0.39, 0.29) is 0 Å². The summed E-state index contributed by atoms with van der Waals surface area (Å²) in [5.41, 5.74) is 1.76. The molecule has 94 valence electrons. The van der Waals surface area contributed by atoms with Crippen LogP contribution < -0.4 is 5.32 Å². The maximum absolute atomic E-state index is 5.82. The van der Waals surface area contributed by atoms with Gasteiger partial charge >= 0.3 is 11.5 Å². The number of alkyl halides is 1. The summed E-state index contributed by atoms with van der Waals surface area (Å²) in [6.07, 6.45) is 3.92. The molecule has 1 aromatic carbocycles. The SMILES string of the molecule is ClC1N=[N+]=C(C2=CCC(c3ccccc3)CC#C2)N1. The van der Waals surface area contributed by atoms with Gasteiger partial charge in [0.15, 0.2) is 0 Å². The van der Waals surface area contributed by atoms with Gasteiger partial charge in [0, 0.05) is 11.5 Å². The van der Waals surface area contributed by atoms with Crippen LogP contribution in [0.3, 0.4) is 0 Å². The van der Waals surface area contributed by atoms with Gasteiger partial charge in [-0.25, -0.2) is 5.32 Å². The Labute approximate surface area is 117 Å². The summed E-state index contributed by atoms with van der Waals surface area (Å²) in [6, 6.07) is 10.5. The van der Waals surface area contributed by atoms with Crippen molar-refractivity contribution >= 4 is 17.4 Å². The summed E-state index contributed by atoms with van der Waals surface area (Å²) >= 11 is 5.82. The first-order chi connectivity index (χ1) is 9.33. The molecular formula is C15H13ClN3+. The molecule has 0 spiro atoms. The third-order valence-corrected chi connectivity index (χ3v) is 3.42. The van der Waals surface area contributed by atoms with Crippen LogP contribution in [0.1, 0.15) is 24.3 Å². The normalized spacial score (nSPS) is 24.7. The number of nitrogens with one attached hydrogen (secondary N) is 1. The Morgan fingerprint density at radius 2 is 2.16 bits per heavy atom. The lowest BCUT2D eigenvalue weighted by atomic mass is 9.93. The van der Waals surface area contributed by atoms with Gasteiger partial charge in [-0.1, -0.05) is 53.0 Å². The molecule has 3 rings (SSSR count). The van der Waals surface area contributed by atoms with Crippen LogP contribution in [0, 0.1) is 11.8 Å². The van der Waals surface area contributed by atoms with Crippen molar-refractivity contribution in [1.82, 2.24) is 5.32 Å². The molecule has 2 atom stereocenters. The molecule has 4 heteroatoms. The number of hydrogen-bond acceptors (Lipinski definition) is 2. The Morgan fingerprint density at radius 1 is 1.32 bits per heavy atom. The van der Waals surface area contributed by atoms with Crippen LogP contribution in [-0.2, 0) is 0 Å². The third kappa shape index (κ3) is 2.71. The van der Waals surface area contributed by atoms with Gasteiger partial charge in [0.2, 0.25) is 0 Å². The first kappa shape index (κ1) is 12.0. The van der Waals surface area contributed by atoms with E-state index in [9.17, 15) is 0 Å². The highest BCUT2D eigenvalue weighted by Crippen LogP contribution is 2.25. The van der Waals surface area contributed by atoms with Crippen LogP contribution in [0.2, 0.25) is 0 Å². The maximum atomic E-state index is 5.82. The zero-order valence-corrected chi connectivity index (χ0v) is 11.1. The number of amidine groups is 1. The smallest absolute Gasteiger partial charge is 0.217 e. The predicted molar refractivity (Wildman–Crippen MR) is 74.7 cm³/mol. The molecule has 3 nitrogen and oxygen atoms in total. The average Bonchev–Trinajstić information content (AvgIpc) is 2.74. The van der Waals surface area contributed by atoms with Crippen molar-refractivity contribution < 1.29 is 4.79 Å². The molecule has 1 aliphatic carbocycles. The van der Waals surface area contributed by atoms with E-state index in [0.717, 1.165) is 18.4 Å². The molecule has 1 aromatic rings. The Bertz CT molecular complexity index is 630. The minimum Gasteiger partial charge on any atom is -0.217 e. The average molecular weight is 271 g/mol. The predicted octanol–water partition coefficient (Wildman–Crippen LogP) is 2.68. The zero-order chi connectivity index (χ0) is 13.1. The van der Waals surface area contributed by atoms with E-state index >= 15 is 0 Å². The maximum Gasteiger partial charge on any atom is 0.417 e. The molecule has 0 amide bonds. The van der Waals surface area contributed by atoms with Crippen LogP contribution in [0.4, 0.5) is 0 Å². The lowest BCUT2D eigenvalue weighted by Gasteiger charge is -2.11. The van der Waals surface area contributed by atoms with Crippen LogP contribution in [0.15, 0.2) is 47.1 Å². The molecule has 0 saturated heterocycles. The van der Waals surface area contributed by atoms with E-state index in [2.05, 4.69) is 57.4 Å². The Morgan fingerprint density at radius 3 is 2.89 bits per heavy atom. The monoisotopic (exact) mass is 270 g/mol. The minimum absolute atomic E-state index is 0.442. The Balaban J connectivity index is 1.79. The van der Waals surface area contributed by atoms with Crippen molar-refractivity contribution in [1.29, 1.82) is 0 Å². The lowest BCUT2D eigenvalue weighted by molar-refractivity contribution is -0.0792. The van der Waals surface area contributed by atoms with Gasteiger partial charge in [0.25, 0.3) is 0 Å². The molecule has 0 radical (unpaired) electrons. The molecule has 0 bridgehead atoms. The standard InChI is InChI=1S/C15H12ClN3/c16-15-17-14(18-19-15)13-8-4-7-12(9-10-13)11-5-2-1-3-6-11/h1-3,5-6,10,12,15H,7,9H2/p+1. The molecule has 1 heterocycles. The molecule has 1 aliphatic heterocycles. The highest BCUT2D eigenvalue weighted by molar-refractivity contribution is 6.22. The van der Waals surface area contributed by atoms with Gasteiger partial charge in [0.1, 0.15) is 5.57 Å². The van der Waals surface area contributed by atoms with Crippen LogP contribution >= 0.6 is 11.6 Å². The molecule has 0 saturated carbocycles. The fourth-order valence-electron chi connectivity index (χ4n) is 2.21. The van der Waals surface area contributed by atoms with Crippen LogP contribution in [-0.4, -0.2) is 16.3 Å². The highest BCUT2D eigenvalue weighted by Gasteiger charge is 2.27. The number of halogens is 1. The Kier molecular flexibility index (Phi) is 3.37. The van der Waals surface area contributed by atoms with Gasteiger partial charge in [-0.3, -0.25) is 0 Å². The van der Waals surface area contributed by atoms with E-state index in [0.29, 0.717) is 11.8 Å². The van der Waals surface area contributed by atoms with Crippen molar-refractivity contribution in [3.8, 4) is 11.8 Å². The van der Waals surface area contributed by atoms with Gasteiger partial charge in [-0.05, 0) is 29.5 Å². The fourth-order valence-corrected chi connectivity index (χ4v) is 2.36. The second-order valence-corrected chi connectivity index (χ2v) is 4.92. The number of allylic oxidation sites excluding steroid dienone is 1. The second-order valence-electron chi connectivity index (χ2n) is 4.51. The quantitative estimate of drug-likeness (QED) is 0.382. The number of benzene rings is 1. The van der Waals surface area contributed by atoms with E-state index in [1.807, 2.05) is 6.07 Å². The van der Waals surface area contributed by atoms with Crippen molar-refractivity contribution in [3.63, 3.8) is 0 Å². The van der Waals surface area contributed by atoms with Gasteiger partial charge in [-0.15, -0.1) is 0 Å². The summed E-state index contributed by atoms with van der Waals surface area (Å²) < 4.78 is 0. The van der Waals surface area contributed by atoms with Crippen LogP contribution in [0.25, 0.3) is 0 Å². The second kappa shape index (κ2) is 5.32. The molecule has 19 heavy (non-hydrogen) atoms. The van der Waals surface area contributed by atoms with Crippen LogP contribution in [0.5, 0.6) is 0 Å². The van der Waals surface area contributed by atoms with Gasteiger partial charge < -0.3 is 0 Å². The number of nitrogens with zero attached hydrogens (tertiary/aromatic N) is 2. The summed E-state index contributed by atoms with van der Waals surface area (Å²) in [5, 5.41) is 6.82. The largest absolute Gasteiger partial charge is 0.417 e. The Hall–Kier alpha value is -2.01. The molecular weight excluding hydrogens is 258 g/mol. The van der Waals surface area contributed by atoms with E-state index in [1.165, 1.54) is 5.56 Å². The first-order valence-corrected chi connectivity index (χ1v) is 6.69. The van der Waals surface area contributed by atoms with Gasteiger partial charge in [-0.2, -0.15) is 0 Å². The van der Waals surface area contributed by atoms with E-state index in [4.69, 9.17) is 11.6 Å². The summed E-state index contributed by atoms with van der Waals surface area (Å²) in [5.74, 6) is 7.48. The molecule has 2 unspecified atom stereocenters.